The van der Waals surface area contributed by atoms with E-state index in [-0.39, 0.29) is 30.3 Å². The van der Waals surface area contributed by atoms with Crippen LogP contribution >= 0.6 is 0 Å². The Kier molecular flexibility index (Phi) is 9.88. The van der Waals surface area contributed by atoms with Crippen LogP contribution in [0.2, 0.25) is 0 Å². The van der Waals surface area contributed by atoms with Crippen LogP contribution in [0.15, 0.2) is 30.5 Å². The van der Waals surface area contributed by atoms with Gasteiger partial charge in [-0.2, -0.15) is 5.10 Å². The standard InChI is InChI=1S/C30H38N4O7/c1-16(2)12-23-20(13-31-29(39)41-30(5,6)7)24(19-10-8-17(3)9-11-19)22(18(4)33-23)15-40-26(28(37)38)25-21(27(35)36)14-32-34-25/h8-11,14,16,26H,12-13,15H2,1-7H3,(H,31,39)(H,32,34)(H,35,36)(H,37,38). The number of carboxylic acid groups (broad SMARTS) is 2. The number of nitrogens with one attached hydrogen (secondary N) is 2. The van der Waals surface area contributed by atoms with Gasteiger partial charge in [0.2, 0.25) is 0 Å². The van der Waals surface area contributed by atoms with Gasteiger partial charge in [0.05, 0.1) is 18.5 Å². The predicted octanol–water partition coefficient (Wildman–Crippen LogP) is 5.35. The molecule has 1 atom stereocenters. The van der Waals surface area contributed by atoms with E-state index in [9.17, 15) is 24.6 Å². The normalized spacial score (nSPS) is 12.3. The second-order valence-corrected chi connectivity index (χ2v) is 11.3. The Morgan fingerprint density at radius 3 is 2.27 bits per heavy atom. The fourth-order valence-electron chi connectivity index (χ4n) is 4.42. The Balaban J connectivity index is 2.14. The lowest BCUT2D eigenvalue weighted by atomic mass is 9.90. The lowest BCUT2D eigenvalue weighted by molar-refractivity contribution is -0.152. The molecule has 1 unspecified atom stereocenters. The van der Waals surface area contributed by atoms with Crippen molar-refractivity contribution in [1.29, 1.82) is 0 Å². The lowest BCUT2D eigenvalue weighted by Crippen LogP contribution is -2.32. The highest BCUT2D eigenvalue weighted by Gasteiger charge is 2.30. The number of hydrogen-bond donors (Lipinski definition) is 4. The molecule has 0 aliphatic rings. The van der Waals surface area contributed by atoms with E-state index in [1.54, 1.807) is 20.8 Å². The number of amides is 1. The number of aromatic nitrogens is 3. The first-order valence-electron chi connectivity index (χ1n) is 13.3. The molecule has 3 rings (SSSR count). The van der Waals surface area contributed by atoms with Gasteiger partial charge in [0.1, 0.15) is 11.2 Å². The largest absolute Gasteiger partial charge is 0.479 e. The third kappa shape index (κ3) is 8.14. The molecular weight excluding hydrogens is 528 g/mol. The number of benzene rings is 1. The summed E-state index contributed by atoms with van der Waals surface area (Å²) in [6.07, 6.45) is -0.511. The van der Waals surface area contributed by atoms with Crippen molar-refractivity contribution in [3.63, 3.8) is 0 Å². The maximum atomic E-state index is 12.6. The van der Waals surface area contributed by atoms with E-state index >= 15 is 0 Å². The van der Waals surface area contributed by atoms with Gasteiger partial charge in [0.15, 0.2) is 6.10 Å². The molecular formula is C30H38N4O7. The molecule has 2 heterocycles. The van der Waals surface area contributed by atoms with Crippen LogP contribution < -0.4 is 5.32 Å². The number of aliphatic carboxylic acids is 1. The number of carbonyl (C=O) groups is 3. The predicted molar refractivity (Wildman–Crippen MR) is 151 cm³/mol. The van der Waals surface area contributed by atoms with Crippen molar-refractivity contribution >= 4 is 18.0 Å². The first-order valence-corrected chi connectivity index (χ1v) is 13.3. The molecule has 0 spiro atoms. The summed E-state index contributed by atoms with van der Waals surface area (Å²) in [5.74, 6) is -2.43. The Morgan fingerprint density at radius 2 is 1.71 bits per heavy atom. The molecule has 0 bridgehead atoms. The molecule has 0 aliphatic carbocycles. The fraction of sp³-hybridized carbons (Fsp3) is 0.433. The van der Waals surface area contributed by atoms with Gasteiger partial charge in [0.25, 0.3) is 0 Å². The van der Waals surface area contributed by atoms with E-state index in [1.807, 2.05) is 38.1 Å². The fourth-order valence-corrected chi connectivity index (χ4v) is 4.42. The Morgan fingerprint density at radius 1 is 1.05 bits per heavy atom. The summed E-state index contributed by atoms with van der Waals surface area (Å²) in [7, 11) is 0. The minimum absolute atomic E-state index is 0.118. The minimum Gasteiger partial charge on any atom is -0.479 e. The Hall–Kier alpha value is -4.25. The Bertz CT molecular complexity index is 1410. The van der Waals surface area contributed by atoms with Gasteiger partial charge >= 0.3 is 18.0 Å². The van der Waals surface area contributed by atoms with Gasteiger partial charge in [-0.15, -0.1) is 0 Å². The summed E-state index contributed by atoms with van der Waals surface area (Å²) in [4.78, 5) is 41.3. The van der Waals surface area contributed by atoms with Crippen molar-refractivity contribution in [1.82, 2.24) is 20.5 Å². The van der Waals surface area contributed by atoms with Gasteiger partial charge < -0.3 is 25.0 Å². The SMILES string of the molecule is Cc1ccc(-c2c(COC(C(=O)O)c3[nH]ncc3C(=O)O)c(C)nc(CC(C)C)c2CNC(=O)OC(C)(C)C)cc1. The lowest BCUT2D eigenvalue weighted by Gasteiger charge is -2.24. The van der Waals surface area contributed by atoms with Crippen LogP contribution in [0, 0.1) is 19.8 Å². The zero-order valence-electron chi connectivity index (χ0n) is 24.5. The number of H-pyrrole nitrogens is 1. The average molecular weight is 567 g/mol. The molecule has 0 radical (unpaired) electrons. The van der Waals surface area contributed by atoms with Crippen molar-refractivity contribution in [3.05, 3.63) is 69.8 Å². The number of ether oxygens (including phenoxy) is 2. The zero-order valence-corrected chi connectivity index (χ0v) is 24.5. The van der Waals surface area contributed by atoms with Gasteiger partial charge in [-0.05, 0) is 58.1 Å². The number of aromatic amines is 1. The van der Waals surface area contributed by atoms with Crippen molar-refractivity contribution in [3.8, 4) is 11.1 Å². The second kappa shape index (κ2) is 12.9. The monoisotopic (exact) mass is 566 g/mol. The molecule has 220 valence electrons. The number of carboxylic acids is 2. The quantitative estimate of drug-likeness (QED) is 0.239. The molecule has 1 aromatic carbocycles. The first-order chi connectivity index (χ1) is 19.2. The van der Waals surface area contributed by atoms with Crippen LogP contribution in [0.4, 0.5) is 4.79 Å². The first kappa shape index (κ1) is 31.3. The van der Waals surface area contributed by atoms with Crippen molar-refractivity contribution < 1.29 is 34.1 Å². The average Bonchev–Trinajstić information content (AvgIpc) is 3.33. The molecule has 11 nitrogen and oxygen atoms in total. The van der Waals surface area contributed by atoms with Crippen LogP contribution in [-0.2, 0) is 33.8 Å². The Labute approximate surface area is 239 Å². The highest BCUT2D eigenvalue weighted by atomic mass is 16.6. The van der Waals surface area contributed by atoms with Crippen LogP contribution in [0.5, 0.6) is 0 Å². The van der Waals surface area contributed by atoms with E-state index in [0.29, 0.717) is 17.7 Å². The van der Waals surface area contributed by atoms with E-state index in [4.69, 9.17) is 14.5 Å². The molecule has 2 aromatic heterocycles. The third-order valence-corrected chi connectivity index (χ3v) is 6.22. The molecule has 0 saturated carbocycles. The van der Waals surface area contributed by atoms with Crippen molar-refractivity contribution in [2.75, 3.05) is 0 Å². The molecule has 11 heteroatoms. The van der Waals surface area contributed by atoms with Gasteiger partial charge in [0, 0.05) is 29.1 Å². The van der Waals surface area contributed by atoms with Gasteiger partial charge in [-0.1, -0.05) is 43.7 Å². The molecule has 0 aliphatic heterocycles. The number of carbonyl (C=O) groups excluding carboxylic acids is 1. The van der Waals surface area contributed by atoms with E-state index in [1.165, 1.54) is 0 Å². The molecule has 1 amide bonds. The van der Waals surface area contributed by atoms with E-state index < -0.39 is 29.7 Å². The van der Waals surface area contributed by atoms with Crippen LogP contribution in [0.1, 0.15) is 84.9 Å². The maximum Gasteiger partial charge on any atom is 0.407 e. The molecule has 3 aromatic rings. The smallest absolute Gasteiger partial charge is 0.407 e. The number of aromatic carboxylic acids is 1. The summed E-state index contributed by atoms with van der Waals surface area (Å²) >= 11 is 0. The number of nitrogens with zero attached hydrogens (tertiary/aromatic N) is 2. The zero-order chi connectivity index (χ0) is 30.5. The number of rotatable bonds is 11. The van der Waals surface area contributed by atoms with Gasteiger partial charge in [-0.3, -0.25) is 10.1 Å². The highest BCUT2D eigenvalue weighted by Crippen LogP contribution is 2.34. The van der Waals surface area contributed by atoms with Crippen LogP contribution in [0.25, 0.3) is 11.1 Å². The summed E-state index contributed by atoms with van der Waals surface area (Å²) < 4.78 is 11.3. The van der Waals surface area contributed by atoms with Crippen molar-refractivity contribution in [2.24, 2.45) is 5.92 Å². The topological polar surface area (TPSA) is 164 Å². The summed E-state index contributed by atoms with van der Waals surface area (Å²) in [6, 6.07) is 7.84. The van der Waals surface area contributed by atoms with Gasteiger partial charge in [-0.25, -0.2) is 14.4 Å². The summed E-state index contributed by atoms with van der Waals surface area (Å²) in [5, 5.41) is 28.4. The number of hydrogen-bond acceptors (Lipinski definition) is 7. The molecule has 41 heavy (non-hydrogen) atoms. The molecule has 4 N–H and O–H groups in total. The van der Waals surface area contributed by atoms with E-state index in [2.05, 4.69) is 29.4 Å². The van der Waals surface area contributed by atoms with E-state index in [0.717, 1.165) is 34.1 Å². The molecule has 0 fully saturated rings. The summed E-state index contributed by atoms with van der Waals surface area (Å²) in [5.41, 5.74) is 4.32. The highest BCUT2D eigenvalue weighted by molar-refractivity contribution is 5.90. The number of alkyl carbamates (subject to hydrolysis) is 1. The number of pyridine rings is 1. The maximum absolute atomic E-state index is 12.6. The second-order valence-electron chi connectivity index (χ2n) is 11.3. The third-order valence-electron chi connectivity index (χ3n) is 6.22. The van der Waals surface area contributed by atoms with Crippen LogP contribution in [-0.4, -0.2) is 49.0 Å². The van der Waals surface area contributed by atoms with Crippen LogP contribution in [0.3, 0.4) is 0 Å². The summed E-state index contributed by atoms with van der Waals surface area (Å²) in [6.45, 7) is 13.2. The minimum atomic E-state index is -1.62. The van der Waals surface area contributed by atoms with Crippen molar-refractivity contribution in [2.45, 2.75) is 79.7 Å². The number of aryl methyl sites for hydroxylation is 2. The molecule has 0 saturated heterocycles.